The van der Waals surface area contributed by atoms with Crippen molar-refractivity contribution in [3.8, 4) is 0 Å². The molecule has 0 radical (unpaired) electrons. The molecule has 3 nitrogen and oxygen atoms in total. The zero-order chi connectivity index (χ0) is 14.5. The molecule has 1 aliphatic rings. The molecule has 0 aromatic carbocycles. The van der Waals surface area contributed by atoms with E-state index in [-0.39, 0.29) is 0 Å². The van der Waals surface area contributed by atoms with Gasteiger partial charge in [-0.25, -0.2) is 0 Å². The summed E-state index contributed by atoms with van der Waals surface area (Å²) in [6.45, 7) is 18.0. The Morgan fingerprint density at radius 1 is 1.37 bits per heavy atom. The number of nitrogens with zero attached hydrogens (tertiary/aromatic N) is 1. The van der Waals surface area contributed by atoms with E-state index in [2.05, 4.69) is 51.8 Å². The third-order valence-corrected chi connectivity index (χ3v) is 4.54. The SMILES string of the molecule is CCCNC(C)C(C)(C)CN1CC(C)OCC1CC. The maximum atomic E-state index is 5.79. The Bertz CT molecular complexity index is 255. The molecule has 1 N–H and O–H groups in total. The molecule has 1 heterocycles. The van der Waals surface area contributed by atoms with Gasteiger partial charge < -0.3 is 10.1 Å². The van der Waals surface area contributed by atoms with Crippen molar-refractivity contribution in [2.24, 2.45) is 5.41 Å². The van der Waals surface area contributed by atoms with Crippen LogP contribution in [0.2, 0.25) is 0 Å². The summed E-state index contributed by atoms with van der Waals surface area (Å²) in [6.07, 6.45) is 2.75. The maximum absolute atomic E-state index is 5.79. The van der Waals surface area contributed by atoms with Gasteiger partial charge in [-0.05, 0) is 38.6 Å². The van der Waals surface area contributed by atoms with Crippen LogP contribution in [0.3, 0.4) is 0 Å². The summed E-state index contributed by atoms with van der Waals surface area (Å²) in [6, 6.07) is 1.14. The van der Waals surface area contributed by atoms with Crippen LogP contribution in [0.25, 0.3) is 0 Å². The fourth-order valence-corrected chi connectivity index (χ4v) is 2.78. The number of morpholine rings is 1. The van der Waals surface area contributed by atoms with E-state index in [1.54, 1.807) is 0 Å². The van der Waals surface area contributed by atoms with Crippen molar-refractivity contribution in [2.75, 3.05) is 26.2 Å². The van der Waals surface area contributed by atoms with E-state index in [1.165, 1.54) is 12.8 Å². The van der Waals surface area contributed by atoms with Crippen LogP contribution in [0, 0.1) is 5.41 Å². The summed E-state index contributed by atoms with van der Waals surface area (Å²) in [5.41, 5.74) is 0.291. The van der Waals surface area contributed by atoms with Crippen LogP contribution in [-0.4, -0.2) is 49.3 Å². The Morgan fingerprint density at radius 2 is 2.05 bits per heavy atom. The highest BCUT2D eigenvalue weighted by Gasteiger charge is 2.33. The van der Waals surface area contributed by atoms with Crippen molar-refractivity contribution >= 4 is 0 Å². The largest absolute Gasteiger partial charge is 0.376 e. The van der Waals surface area contributed by atoms with E-state index in [4.69, 9.17) is 4.74 Å². The average molecular weight is 270 g/mol. The van der Waals surface area contributed by atoms with Crippen LogP contribution in [0.4, 0.5) is 0 Å². The normalized spacial score (nSPS) is 27.5. The Kier molecular flexibility index (Phi) is 6.78. The minimum Gasteiger partial charge on any atom is -0.376 e. The topological polar surface area (TPSA) is 24.5 Å². The van der Waals surface area contributed by atoms with Gasteiger partial charge >= 0.3 is 0 Å². The maximum Gasteiger partial charge on any atom is 0.0674 e. The molecule has 0 saturated carbocycles. The van der Waals surface area contributed by atoms with E-state index in [9.17, 15) is 0 Å². The summed E-state index contributed by atoms with van der Waals surface area (Å²) < 4.78 is 5.79. The van der Waals surface area contributed by atoms with Crippen molar-refractivity contribution in [1.82, 2.24) is 10.2 Å². The predicted molar refractivity (Wildman–Crippen MR) is 82.6 cm³/mol. The molecule has 0 aliphatic carbocycles. The second kappa shape index (κ2) is 7.61. The highest BCUT2D eigenvalue weighted by Crippen LogP contribution is 2.26. The van der Waals surface area contributed by atoms with E-state index >= 15 is 0 Å². The first kappa shape index (κ1) is 16.9. The fraction of sp³-hybridized carbons (Fsp3) is 1.00. The standard InChI is InChI=1S/C16H34N2O/c1-7-9-17-14(4)16(5,6)12-18-10-13(3)19-11-15(18)8-2/h13-15,17H,7-12H2,1-6H3. The van der Waals surface area contributed by atoms with Gasteiger partial charge in [0, 0.05) is 25.2 Å². The summed E-state index contributed by atoms with van der Waals surface area (Å²) >= 11 is 0. The molecule has 0 bridgehead atoms. The Labute approximate surface area is 120 Å². The smallest absolute Gasteiger partial charge is 0.0674 e. The molecular formula is C16H34N2O. The summed E-state index contributed by atoms with van der Waals surface area (Å²) in [7, 11) is 0. The van der Waals surface area contributed by atoms with Gasteiger partial charge in [-0.2, -0.15) is 0 Å². The molecular weight excluding hydrogens is 236 g/mol. The molecule has 0 aromatic heterocycles. The Hall–Kier alpha value is -0.120. The molecule has 1 fully saturated rings. The number of ether oxygens (including phenoxy) is 1. The van der Waals surface area contributed by atoms with Gasteiger partial charge in [0.15, 0.2) is 0 Å². The lowest BCUT2D eigenvalue weighted by Crippen LogP contribution is -2.54. The predicted octanol–water partition coefficient (Wildman–Crippen LogP) is 2.90. The number of hydrogen-bond donors (Lipinski definition) is 1. The molecule has 3 unspecified atom stereocenters. The lowest BCUT2D eigenvalue weighted by Gasteiger charge is -2.44. The highest BCUT2D eigenvalue weighted by atomic mass is 16.5. The highest BCUT2D eigenvalue weighted by molar-refractivity contribution is 4.88. The van der Waals surface area contributed by atoms with Gasteiger partial charge in [0.05, 0.1) is 12.7 Å². The number of nitrogens with one attached hydrogen (secondary N) is 1. The molecule has 3 heteroatoms. The molecule has 3 atom stereocenters. The molecule has 0 aromatic rings. The lowest BCUT2D eigenvalue weighted by atomic mass is 9.84. The van der Waals surface area contributed by atoms with Crippen LogP contribution >= 0.6 is 0 Å². The van der Waals surface area contributed by atoms with Gasteiger partial charge in [0.2, 0.25) is 0 Å². The van der Waals surface area contributed by atoms with Crippen LogP contribution < -0.4 is 5.32 Å². The Balaban J connectivity index is 2.58. The summed E-state index contributed by atoms with van der Waals surface area (Å²) in [4.78, 5) is 2.64. The van der Waals surface area contributed by atoms with Crippen LogP contribution in [0.15, 0.2) is 0 Å². The van der Waals surface area contributed by atoms with E-state index in [0.717, 1.165) is 26.2 Å². The van der Waals surface area contributed by atoms with Crippen molar-refractivity contribution < 1.29 is 4.74 Å². The zero-order valence-electron chi connectivity index (χ0n) is 13.8. The monoisotopic (exact) mass is 270 g/mol. The van der Waals surface area contributed by atoms with Crippen LogP contribution in [0.1, 0.15) is 54.4 Å². The summed E-state index contributed by atoms with van der Waals surface area (Å²) in [5.74, 6) is 0. The lowest BCUT2D eigenvalue weighted by molar-refractivity contribution is -0.0689. The third-order valence-electron chi connectivity index (χ3n) is 4.54. The van der Waals surface area contributed by atoms with Gasteiger partial charge in [-0.15, -0.1) is 0 Å². The minimum absolute atomic E-state index is 0.291. The van der Waals surface area contributed by atoms with Gasteiger partial charge in [0.25, 0.3) is 0 Å². The van der Waals surface area contributed by atoms with E-state index < -0.39 is 0 Å². The second-order valence-electron chi connectivity index (χ2n) is 6.80. The summed E-state index contributed by atoms with van der Waals surface area (Å²) in [5, 5.41) is 3.65. The molecule has 1 aliphatic heterocycles. The molecule has 1 rings (SSSR count). The number of rotatable bonds is 7. The van der Waals surface area contributed by atoms with Crippen molar-refractivity contribution in [3.05, 3.63) is 0 Å². The molecule has 0 amide bonds. The third kappa shape index (κ3) is 5.05. The van der Waals surface area contributed by atoms with Gasteiger partial charge in [0.1, 0.15) is 0 Å². The van der Waals surface area contributed by atoms with E-state index in [1.807, 2.05) is 0 Å². The molecule has 114 valence electrons. The van der Waals surface area contributed by atoms with Crippen LogP contribution in [-0.2, 0) is 4.74 Å². The first-order valence-electron chi connectivity index (χ1n) is 7.99. The van der Waals surface area contributed by atoms with Crippen molar-refractivity contribution in [3.63, 3.8) is 0 Å². The van der Waals surface area contributed by atoms with Gasteiger partial charge in [-0.1, -0.05) is 27.7 Å². The quantitative estimate of drug-likeness (QED) is 0.770. The van der Waals surface area contributed by atoms with Crippen LogP contribution in [0.5, 0.6) is 0 Å². The number of hydrogen-bond acceptors (Lipinski definition) is 3. The molecule has 0 spiro atoms. The fourth-order valence-electron chi connectivity index (χ4n) is 2.78. The first-order valence-corrected chi connectivity index (χ1v) is 7.99. The van der Waals surface area contributed by atoms with E-state index in [0.29, 0.717) is 23.6 Å². The van der Waals surface area contributed by atoms with Crippen molar-refractivity contribution in [2.45, 2.75) is 72.6 Å². The first-order chi connectivity index (χ1) is 8.90. The molecule has 19 heavy (non-hydrogen) atoms. The van der Waals surface area contributed by atoms with Gasteiger partial charge in [-0.3, -0.25) is 4.90 Å². The van der Waals surface area contributed by atoms with Crippen molar-refractivity contribution in [1.29, 1.82) is 0 Å². The minimum atomic E-state index is 0.291. The second-order valence-corrected chi connectivity index (χ2v) is 6.80. The molecule has 1 saturated heterocycles. The zero-order valence-corrected chi connectivity index (χ0v) is 13.8. The average Bonchev–Trinajstić information content (AvgIpc) is 2.35. The Morgan fingerprint density at radius 3 is 2.63 bits per heavy atom.